The van der Waals surface area contributed by atoms with Crippen LogP contribution in [0.1, 0.15) is 48.7 Å². The number of pyridine rings is 1. The van der Waals surface area contributed by atoms with Gasteiger partial charge in [-0.2, -0.15) is 0 Å². The summed E-state index contributed by atoms with van der Waals surface area (Å²) in [6, 6.07) is 9.43. The highest BCUT2D eigenvalue weighted by atomic mass is 16.5. The molecule has 0 fully saturated rings. The summed E-state index contributed by atoms with van der Waals surface area (Å²) >= 11 is 0. The van der Waals surface area contributed by atoms with E-state index < -0.39 is 5.91 Å². The fourth-order valence-electron chi connectivity index (χ4n) is 2.50. The molecule has 140 valence electrons. The van der Waals surface area contributed by atoms with Crippen LogP contribution in [0, 0.1) is 12.3 Å². The van der Waals surface area contributed by atoms with E-state index in [2.05, 4.69) is 43.2 Å². The summed E-state index contributed by atoms with van der Waals surface area (Å²) in [5, 5.41) is 3.50. The molecule has 2 aromatic rings. The molecule has 0 atom stereocenters. The van der Waals surface area contributed by atoms with Gasteiger partial charge in [0.2, 0.25) is 11.8 Å². The summed E-state index contributed by atoms with van der Waals surface area (Å²) in [6.45, 7) is 10.8. The molecule has 1 heterocycles. The minimum absolute atomic E-state index is 0.364. The highest BCUT2D eigenvalue weighted by Gasteiger charge is 2.09. The molecule has 0 saturated heterocycles. The van der Waals surface area contributed by atoms with E-state index in [1.165, 1.54) is 18.2 Å². The Bertz CT molecular complexity index is 734. The van der Waals surface area contributed by atoms with Gasteiger partial charge in [0.15, 0.2) is 0 Å². The number of benzene rings is 1. The summed E-state index contributed by atoms with van der Waals surface area (Å²) in [6.07, 6.45) is 3.57. The van der Waals surface area contributed by atoms with Gasteiger partial charge in [0.1, 0.15) is 5.75 Å². The van der Waals surface area contributed by atoms with E-state index in [0.717, 1.165) is 30.8 Å². The monoisotopic (exact) mass is 355 g/mol. The lowest BCUT2D eigenvalue weighted by Gasteiger charge is -2.18. The highest BCUT2D eigenvalue weighted by Crippen LogP contribution is 2.24. The summed E-state index contributed by atoms with van der Waals surface area (Å²) in [5.74, 6) is 0.698. The van der Waals surface area contributed by atoms with E-state index in [1.807, 2.05) is 13.0 Å². The number of amides is 1. The van der Waals surface area contributed by atoms with Crippen molar-refractivity contribution in [2.24, 2.45) is 11.1 Å². The molecule has 2 rings (SSSR count). The smallest absolute Gasteiger partial charge is 0.250 e. The first-order valence-corrected chi connectivity index (χ1v) is 8.98. The lowest BCUT2D eigenvalue weighted by molar-refractivity contribution is 0.1000. The average molecular weight is 355 g/mol. The lowest BCUT2D eigenvalue weighted by Crippen LogP contribution is -2.22. The molecule has 1 aromatic heterocycles. The van der Waals surface area contributed by atoms with Crippen LogP contribution in [0.25, 0.3) is 0 Å². The Balaban J connectivity index is 1.87. The fourth-order valence-corrected chi connectivity index (χ4v) is 2.50. The molecule has 0 aliphatic rings. The van der Waals surface area contributed by atoms with Gasteiger partial charge in [0.25, 0.3) is 0 Å². The first-order chi connectivity index (χ1) is 12.2. The van der Waals surface area contributed by atoms with Crippen molar-refractivity contribution in [3.63, 3.8) is 0 Å². The Labute approximate surface area is 156 Å². The third-order valence-corrected chi connectivity index (χ3v) is 4.12. The summed E-state index contributed by atoms with van der Waals surface area (Å²) in [4.78, 5) is 15.2. The number of carbonyl (C=O) groups is 1. The minimum Gasteiger partial charge on any atom is -0.439 e. The van der Waals surface area contributed by atoms with E-state index in [-0.39, 0.29) is 0 Å². The summed E-state index contributed by atoms with van der Waals surface area (Å²) < 4.78 is 5.80. The molecule has 3 N–H and O–H groups in total. The molecule has 1 aromatic carbocycles. The molecular formula is C21H29N3O2. The van der Waals surface area contributed by atoms with Gasteiger partial charge in [0, 0.05) is 12.3 Å². The number of carbonyl (C=O) groups excluding carboxylic acids is 1. The standard InChI is InChI=1S/C21H29N3O2/c1-15-13-16(9-11-23-12-10-21(2,3)4)5-7-18(15)26-19-8-6-17(14-24-19)20(22)25/h5-8,13-14,23H,9-12H2,1-4H3,(H2,22,25). The van der Waals surface area contributed by atoms with Crippen LogP contribution in [0.2, 0.25) is 0 Å². The summed E-state index contributed by atoms with van der Waals surface area (Å²) in [7, 11) is 0. The first-order valence-electron chi connectivity index (χ1n) is 8.98. The van der Waals surface area contributed by atoms with Crippen molar-refractivity contribution >= 4 is 5.91 Å². The number of primary amides is 1. The number of nitrogens with zero attached hydrogens (tertiary/aromatic N) is 1. The van der Waals surface area contributed by atoms with Crippen LogP contribution in [0.3, 0.4) is 0 Å². The van der Waals surface area contributed by atoms with Gasteiger partial charge in [-0.05, 0) is 61.5 Å². The maximum Gasteiger partial charge on any atom is 0.250 e. The van der Waals surface area contributed by atoms with E-state index in [4.69, 9.17) is 10.5 Å². The SMILES string of the molecule is Cc1cc(CCNCCC(C)(C)C)ccc1Oc1ccc(C(N)=O)cn1. The van der Waals surface area contributed by atoms with Gasteiger partial charge in [-0.15, -0.1) is 0 Å². The third kappa shape index (κ3) is 6.48. The number of hydrogen-bond acceptors (Lipinski definition) is 4. The number of nitrogens with one attached hydrogen (secondary N) is 1. The van der Waals surface area contributed by atoms with Gasteiger partial charge < -0.3 is 15.8 Å². The molecule has 0 bridgehead atoms. The van der Waals surface area contributed by atoms with Gasteiger partial charge >= 0.3 is 0 Å². The van der Waals surface area contributed by atoms with Gasteiger partial charge in [-0.3, -0.25) is 4.79 Å². The molecular weight excluding hydrogens is 326 g/mol. The van der Waals surface area contributed by atoms with Crippen molar-refractivity contribution in [3.8, 4) is 11.6 Å². The van der Waals surface area contributed by atoms with Crippen LogP contribution >= 0.6 is 0 Å². The fraction of sp³-hybridized carbons (Fsp3) is 0.429. The van der Waals surface area contributed by atoms with Crippen molar-refractivity contribution < 1.29 is 9.53 Å². The predicted molar refractivity (Wildman–Crippen MR) is 105 cm³/mol. The maximum absolute atomic E-state index is 11.1. The van der Waals surface area contributed by atoms with Crippen molar-refractivity contribution in [2.45, 2.75) is 40.5 Å². The zero-order chi connectivity index (χ0) is 19.2. The van der Waals surface area contributed by atoms with Crippen LogP contribution in [0.15, 0.2) is 36.5 Å². The summed E-state index contributed by atoms with van der Waals surface area (Å²) in [5.41, 5.74) is 8.27. The average Bonchev–Trinajstić information content (AvgIpc) is 2.56. The maximum atomic E-state index is 11.1. The molecule has 5 nitrogen and oxygen atoms in total. The van der Waals surface area contributed by atoms with Gasteiger partial charge in [0.05, 0.1) is 5.56 Å². The van der Waals surface area contributed by atoms with Gasteiger partial charge in [-0.25, -0.2) is 4.98 Å². The van der Waals surface area contributed by atoms with Crippen LogP contribution in [0.5, 0.6) is 11.6 Å². The zero-order valence-corrected chi connectivity index (χ0v) is 16.1. The second kappa shape index (κ2) is 8.81. The van der Waals surface area contributed by atoms with Crippen LogP contribution in [-0.2, 0) is 6.42 Å². The Kier molecular flexibility index (Phi) is 6.75. The van der Waals surface area contributed by atoms with E-state index in [0.29, 0.717) is 16.9 Å². The van der Waals surface area contributed by atoms with E-state index in [9.17, 15) is 4.79 Å². The van der Waals surface area contributed by atoms with Crippen molar-refractivity contribution in [2.75, 3.05) is 13.1 Å². The molecule has 0 aliphatic carbocycles. The van der Waals surface area contributed by atoms with E-state index >= 15 is 0 Å². The lowest BCUT2D eigenvalue weighted by atomic mass is 9.92. The number of hydrogen-bond donors (Lipinski definition) is 2. The van der Waals surface area contributed by atoms with Crippen molar-refractivity contribution in [1.82, 2.24) is 10.3 Å². The van der Waals surface area contributed by atoms with E-state index in [1.54, 1.807) is 12.1 Å². The first kappa shape index (κ1) is 19.9. The largest absolute Gasteiger partial charge is 0.439 e. The zero-order valence-electron chi connectivity index (χ0n) is 16.1. The highest BCUT2D eigenvalue weighted by molar-refractivity contribution is 5.92. The minimum atomic E-state index is -0.499. The molecule has 0 spiro atoms. The second-order valence-corrected chi connectivity index (χ2v) is 7.76. The Morgan fingerprint density at radius 1 is 1.19 bits per heavy atom. The number of aryl methyl sites for hydroxylation is 1. The third-order valence-electron chi connectivity index (χ3n) is 4.12. The Morgan fingerprint density at radius 3 is 2.54 bits per heavy atom. The topological polar surface area (TPSA) is 77.2 Å². The molecule has 26 heavy (non-hydrogen) atoms. The second-order valence-electron chi connectivity index (χ2n) is 7.76. The number of nitrogens with two attached hydrogens (primary N) is 1. The van der Waals surface area contributed by atoms with Crippen molar-refractivity contribution in [1.29, 1.82) is 0 Å². The van der Waals surface area contributed by atoms with Crippen LogP contribution in [-0.4, -0.2) is 24.0 Å². The molecule has 0 saturated carbocycles. The number of ether oxygens (including phenoxy) is 1. The van der Waals surface area contributed by atoms with Crippen LogP contribution in [0.4, 0.5) is 0 Å². The molecule has 0 aliphatic heterocycles. The number of aromatic nitrogens is 1. The molecule has 1 amide bonds. The molecule has 5 heteroatoms. The normalized spacial score (nSPS) is 11.4. The Hall–Kier alpha value is -2.40. The predicted octanol–water partition coefficient (Wildman–Crippen LogP) is 3.85. The van der Waals surface area contributed by atoms with Crippen molar-refractivity contribution in [3.05, 3.63) is 53.2 Å². The molecule has 0 radical (unpaired) electrons. The van der Waals surface area contributed by atoms with Gasteiger partial charge in [-0.1, -0.05) is 32.9 Å². The Morgan fingerprint density at radius 2 is 1.96 bits per heavy atom. The van der Waals surface area contributed by atoms with Crippen LogP contribution < -0.4 is 15.8 Å². The number of rotatable bonds is 8. The molecule has 0 unspecified atom stereocenters. The quantitative estimate of drug-likeness (QED) is 0.705.